The number of benzene rings is 1. The van der Waals surface area contributed by atoms with Crippen LogP contribution < -0.4 is 9.54 Å². The summed E-state index contributed by atoms with van der Waals surface area (Å²) < 4.78 is 18.5. The summed E-state index contributed by atoms with van der Waals surface area (Å²) in [5, 5.41) is 0.460. The van der Waals surface area contributed by atoms with E-state index in [2.05, 4.69) is 25.8 Å². The molecule has 8 heteroatoms. The highest BCUT2D eigenvalue weighted by atomic mass is 35.5. The average molecular weight is 425 g/mol. The zero-order valence-electron chi connectivity index (χ0n) is 16.5. The van der Waals surface area contributed by atoms with Gasteiger partial charge in [0.05, 0.1) is 45.1 Å². The van der Waals surface area contributed by atoms with Gasteiger partial charge in [-0.1, -0.05) is 32.4 Å². The van der Waals surface area contributed by atoms with Gasteiger partial charge in [0.15, 0.2) is 4.80 Å². The SMILES string of the molecule is COc1ccc(Cl)cc1C(=O)/N=c1\sc(C(C)(C)C)cn1CC1COCCO1. The van der Waals surface area contributed by atoms with E-state index >= 15 is 0 Å². The summed E-state index contributed by atoms with van der Waals surface area (Å²) in [5.41, 5.74) is 0.283. The number of amides is 1. The molecule has 0 aliphatic carbocycles. The van der Waals surface area contributed by atoms with Crippen molar-refractivity contribution < 1.29 is 19.0 Å². The molecule has 2 heterocycles. The van der Waals surface area contributed by atoms with Crippen LogP contribution in [0.1, 0.15) is 36.0 Å². The van der Waals surface area contributed by atoms with E-state index in [-0.39, 0.29) is 11.5 Å². The summed E-state index contributed by atoms with van der Waals surface area (Å²) in [5.74, 6) is 0.0533. The third-order valence-corrected chi connectivity index (χ3v) is 6.01. The number of nitrogens with zero attached hydrogens (tertiary/aromatic N) is 2. The molecular weight excluding hydrogens is 400 g/mol. The molecular formula is C20H25ClN2O4S. The van der Waals surface area contributed by atoms with Gasteiger partial charge < -0.3 is 18.8 Å². The first kappa shape index (κ1) is 21.0. The molecule has 0 saturated carbocycles. The Bertz CT molecular complexity index is 908. The maximum atomic E-state index is 12.9. The second kappa shape index (κ2) is 8.78. The van der Waals surface area contributed by atoms with Gasteiger partial charge in [0.1, 0.15) is 5.75 Å². The number of ether oxygens (including phenoxy) is 3. The second-order valence-electron chi connectivity index (χ2n) is 7.61. The minimum absolute atomic E-state index is 0.0547. The molecule has 6 nitrogen and oxygen atoms in total. The molecule has 0 bridgehead atoms. The van der Waals surface area contributed by atoms with Crippen LogP contribution in [0, 0.1) is 0 Å². The highest BCUT2D eigenvalue weighted by molar-refractivity contribution is 7.09. The molecule has 1 aliphatic heterocycles. The number of halogens is 1. The number of thiazole rings is 1. The minimum atomic E-state index is -0.392. The van der Waals surface area contributed by atoms with Crippen LogP contribution in [0.5, 0.6) is 5.75 Å². The first-order valence-corrected chi connectivity index (χ1v) is 10.3. The van der Waals surface area contributed by atoms with Crippen LogP contribution in [0.3, 0.4) is 0 Å². The Hall–Kier alpha value is -1.67. The molecule has 0 radical (unpaired) electrons. The third-order valence-electron chi connectivity index (χ3n) is 4.33. The average Bonchev–Trinajstić information content (AvgIpc) is 3.05. The fraction of sp³-hybridized carbons (Fsp3) is 0.500. The Morgan fingerprint density at radius 1 is 1.39 bits per heavy atom. The third kappa shape index (κ3) is 5.03. The smallest absolute Gasteiger partial charge is 0.283 e. The van der Waals surface area contributed by atoms with E-state index in [9.17, 15) is 4.79 Å². The van der Waals surface area contributed by atoms with Crippen molar-refractivity contribution in [1.29, 1.82) is 0 Å². The summed E-state index contributed by atoms with van der Waals surface area (Å²) in [6.07, 6.45) is 1.98. The first-order chi connectivity index (χ1) is 13.3. The maximum absolute atomic E-state index is 12.9. The van der Waals surface area contributed by atoms with Crippen LogP contribution in [-0.2, 0) is 21.4 Å². The van der Waals surface area contributed by atoms with Gasteiger partial charge in [-0.3, -0.25) is 4.79 Å². The largest absolute Gasteiger partial charge is 0.496 e. The Morgan fingerprint density at radius 2 is 2.18 bits per heavy atom. The number of rotatable bonds is 4. The Labute approximate surface area is 173 Å². The fourth-order valence-electron chi connectivity index (χ4n) is 2.80. The van der Waals surface area contributed by atoms with Gasteiger partial charge in [0.2, 0.25) is 0 Å². The van der Waals surface area contributed by atoms with E-state index in [0.717, 1.165) is 4.88 Å². The molecule has 1 aliphatic rings. The van der Waals surface area contributed by atoms with Crippen LogP contribution in [0.15, 0.2) is 29.4 Å². The van der Waals surface area contributed by atoms with Gasteiger partial charge in [-0.15, -0.1) is 11.3 Å². The second-order valence-corrected chi connectivity index (χ2v) is 9.06. The Morgan fingerprint density at radius 3 is 2.82 bits per heavy atom. The molecule has 152 valence electrons. The van der Waals surface area contributed by atoms with Crippen LogP contribution in [0.2, 0.25) is 5.02 Å². The lowest BCUT2D eigenvalue weighted by Gasteiger charge is -2.23. The quantitative estimate of drug-likeness (QED) is 0.751. The summed E-state index contributed by atoms with van der Waals surface area (Å²) in [6.45, 7) is 8.70. The van der Waals surface area contributed by atoms with Crippen LogP contribution in [0.25, 0.3) is 0 Å². The van der Waals surface area contributed by atoms with E-state index in [4.69, 9.17) is 25.8 Å². The van der Waals surface area contributed by atoms with Gasteiger partial charge in [0, 0.05) is 16.1 Å². The van der Waals surface area contributed by atoms with Gasteiger partial charge in [0.25, 0.3) is 5.91 Å². The van der Waals surface area contributed by atoms with E-state index in [1.54, 1.807) is 18.2 Å². The minimum Gasteiger partial charge on any atom is -0.496 e. The fourth-order valence-corrected chi connectivity index (χ4v) is 4.03. The van der Waals surface area contributed by atoms with Crippen LogP contribution in [-0.4, -0.2) is 43.5 Å². The molecule has 1 atom stereocenters. The van der Waals surface area contributed by atoms with Crippen molar-refractivity contribution in [3.8, 4) is 5.75 Å². The molecule has 2 aromatic rings. The van der Waals surface area contributed by atoms with E-state index in [1.165, 1.54) is 18.4 Å². The Kier molecular flexibility index (Phi) is 6.60. The summed E-state index contributed by atoms with van der Waals surface area (Å²) in [6, 6.07) is 4.93. The predicted octanol–water partition coefficient (Wildman–Crippen LogP) is 3.67. The lowest BCUT2D eigenvalue weighted by atomic mass is 9.95. The summed E-state index contributed by atoms with van der Waals surface area (Å²) in [4.78, 5) is 19.0. The van der Waals surface area contributed by atoms with E-state index in [0.29, 0.717) is 47.5 Å². The number of aromatic nitrogens is 1. The maximum Gasteiger partial charge on any atom is 0.283 e. The van der Waals surface area contributed by atoms with E-state index < -0.39 is 5.91 Å². The normalized spacial score (nSPS) is 18.3. The number of methoxy groups -OCH3 is 1. The predicted molar refractivity (Wildman–Crippen MR) is 109 cm³/mol. The van der Waals surface area contributed by atoms with Crippen molar-refractivity contribution in [1.82, 2.24) is 4.57 Å². The summed E-state index contributed by atoms with van der Waals surface area (Å²) >= 11 is 7.56. The highest BCUT2D eigenvalue weighted by Crippen LogP contribution is 2.26. The standard InChI is InChI=1S/C20H25ClN2O4S/c1-20(2,3)17-11-23(10-14-12-26-7-8-27-14)19(28-17)22-18(24)15-9-13(21)5-6-16(15)25-4/h5-6,9,11,14H,7-8,10,12H2,1-4H3/b22-19-. The van der Waals surface area contributed by atoms with Crippen LogP contribution in [0.4, 0.5) is 0 Å². The van der Waals surface area contributed by atoms with Crippen molar-refractivity contribution in [2.45, 2.75) is 38.8 Å². The van der Waals surface area contributed by atoms with Crippen molar-refractivity contribution in [2.24, 2.45) is 4.99 Å². The van der Waals surface area contributed by atoms with Crippen LogP contribution >= 0.6 is 22.9 Å². The monoisotopic (exact) mass is 424 g/mol. The topological polar surface area (TPSA) is 62.0 Å². The zero-order chi connectivity index (χ0) is 20.3. The number of hydrogen-bond acceptors (Lipinski definition) is 5. The number of hydrogen-bond donors (Lipinski definition) is 0. The molecule has 1 fully saturated rings. The van der Waals surface area contributed by atoms with Crippen molar-refractivity contribution in [2.75, 3.05) is 26.9 Å². The molecule has 28 heavy (non-hydrogen) atoms. The number of carbonyl (C=O) groups is 1. The lowest BCUT2D eigenvalue weighted by molar-refractivity contribution is -0.0938. The zero-order valence-corrected chi connectivity index (χ0v) is 18.1. The summed E-state index contributed by atoms with van der Waals surface area (Å²) in [7, 11) is 1.52. The van der Waals surface area contributed by atoms with E-state index in [1.807, 2.05) is 10.8 Å². The molecule has 3 rings (SSSR count). The molecule has 1 amide bonds. The lowest BCUT2D eigenvalue weighted by Crippen LogP contribution is -2.34. The van der Waals surface area contributed by atoms with Gasteiger partial charge >= 0.3 is 0 Å². The molecule has 1 unspecified atom stereocenters. The molecule has 1 aromatic carbocycles. The van der Waals surface area contributed by atoms with Crippen molar-refractivity contribution in [3.05, 3.63) is 44.7 Å². The molecule has 1 saturated heterocycles. The van der Waals surface area contributed by atoms with Gasteiger partial charge in [-0.05, 0) is 23.6 Å². The highest BCUT2D eigenvalue weighted by Gasteiger charge is 2.22. The molecule has 1 aromatic heterocycles. The molecule has 0 spiro atoms. The Balaban J connectivity index is 2.00. The van der Waals surface area contributed by atoms with Crippen molar-refractivity contribution in [3.63, 3.8) is 0 Å². The number of carbonyl (C=O) groups excluding carboxylic acids is 1. The first-order valence-electron chi connectivity index (χ1n) is 9.10. The van der Waals surface area contributed by atoms with Gasteiger partial charge in [-0.25, -0.2) is 0 Å². The molecule has 0 N–H and O–H groups in total. The van der Waals surface area contributed by atoms with Gasteiger partial charge in [-0.2, -0.15) is 4.99 Å². The van der Waals surface area contributed by atoms with Crippen molar-refractivity contribution >= 4 is 28.8 Å².